The molecule has 0 radical (unpaired) electrons. The van der Waals surface area contributed by atoms with Gasteiger partial charge in [-0.2, -0.15) is 0 Å². The van der Waals surface area contributed by atoms with Crippen LogP contribution in [-0.2, 0) is 4.79 Å². The molecule has 2 heterocycles. The van der Waals surface area contributed by atoms with Gasteiger partial charge in [-0.15, -0.1) is 0 Å². The average Bonchev–Trinajstić information content (AvgIpc) is 3.21. The number of thioether (sulfide) groups is 1. The van der Waals surface area contributed by atoms with Crippen LogP contribution < -0.4 is 14.8 Å². The minimum atomic E-state index is -0.523. The summed E-state index contributed by atoms with van der Waals surface area (Å²) in [5.41, 5.74) is 0.798. The molecule has 8 nitrogen and oxygen atoms in total. The van der Waals surface area contributed by atoms with Crippen LogP contribution in [0.3, 0.4) is 0 Å². The Morgan fingerprint density at radius 1 is 1.19 bits per heavy atom. The Labute approximate surface area is 151 Å². The van der Waals surface area contributed by atoms with Gasteiger partial charge in [-0.05, 0) is 36.0 Å². The second-order valence-corrected chi connectivity index (χ2v) is 6.37. The molecule has 4 rings (SSSR count). The summed E-state index contributed by atoms with van der Waals surface area (Å²) >= 11 is 1.12. The number of fused-ring (bicyclic) bond motifs is 1. The molecular formula is C17H11N3O5S. The van der Waals surface area contributed by atoms with E-state index in [1.165, 1.54) is 18.2 Å². The Morgan fingerprint density at radius 3 is 2.65 bits per heavy atom. The number of ether oxygens (including phenoxy) is 2. The zero-order valence-corrected chi connectivity index (χ0v) is 14.0. The van der Waals surface area contributed by atoms with Crippen LogP contribution in [0.25, 0.3) is 6.08 Å². The van der Waals surface area contributed by atoms with Crippen LogP contribution in [0.5, 0.6) is 11.5 Å². The smallest absolute Gasteiger partial charge is 0.280 e. The van der Waals surface area contributed by atoms with Gasteiger partial charge in [-0.3, -0.25) is 14.9 Å². The fourth-order valence-corrected chi connectivity index (χ4v) is 3.29. The first kappa shape index (κ1) is 16.2. The van der Waals surface area contributed by atoms with Gasteiger partial charge in [0.1, 0.15) is 0 Å². The highest BCUT2D eigenvalue weighted by molar-refractivity contribution is 8.18. The number of para-hydroxylation sites is 1. The number of carbonyl (C=O) groups is 1. The fraction of sp³-hybridized carbons (Fsp3) is 0.0588. The van der Waals surface area contributed by atoms with Gasteiger partial charge in [-0.25, -0.2) is 4.99 Å². The number of amides is 1. The molecule has 130 valence electrons. The number of nitro benzene ring substituents is 1. The third-order valence-electron chi connectivity index (χ3n) is 3.64. The molecule has 2 aromatic carbocycles. The molecule has 1 fully saturated rings. The predicted molar refractivity (Wildman–Crippen MR) is 96.5 cm³/mol. The van der Waals surface area contributed by atoms with Crippen molar-refractivity contribution in [1.29, 1.82) is 0 Å². The zero-order chi connectivity index (χ0) is 18.1. The average molecular weight is 369 g/mol. The van der Waals surface area contributed by atoms with E-state index in [2.05, 4.69) is 10.3 Å². The highest BCUT2D eigenvalue weighted by Gasteiger charge is 2.27. The third-order valence-corrected chi connectivity index (χ3v) is 4.55. The van der Waals surface area contributed by atoms with Crippen molar-refractivity contribution in [3.8, 4) is 11.5 Å². The van der Waals surface area contributed by atoms with Crippen molar-refractivity contribution in [2.24, 2.45) is 4.99 Å². The maximum atomic E-state index is 12.2. The fourth-order valence-electron chi connectivity index (χ4n) is 2.46. The van der Waals surface area contributed by atoms with E-state index in [0.717, 1.165) is 11.8 Å². The largest absolute Gasteiger partial charge is 0.454 e. The van der Waals surface area contributed by atoms with E-state index in [-0.39, 0.29) is 24.0 Å². The lowest BCUT2D eigenvalue weighted by Gasteiger charge is -2.01. The molecule has 0 aliphatic carbocycles. The molecule has 1 N–H and O–H groups in total. The van der Waals surface area contributed by atoms with Crippen molar-refractivity contribution in [3.63, 3.8) is 0 Å². The molecule has 0 spiro atoms. The van der Waals surface area contributed by atoms with Gasteiger partial charge in [-0.1, -0.05) is 18.2 Å². The van der Waals surface area contributed by atoms with E-state index < -0.39 is 4.92 Å². The number of nitrogens with zero attached hydrogens (tertiary/aromatic N) is 2. The maximum absolute atomic E-state index is 12.2. The van der Waals surface area contributed by atoms with Crippen molar-refractivity contribution in [2.45, 2.75) is 0 Å². The molecule has 1 saturated heterocycles. The van der Waals surface area contributed by atoms with E-state index in [4.69, 9.17) is 9.47 Å². The number of carbonyl (C=O) groups excluding carboxylic acids is 1. The monoisotopic (exact) mass is 369 g/mol. The van der Waals surface area contributed by atoms with Crippen LogP contribution in [0.2, 0.25) is 0 Å². The third kappa shape index (κ3) is 3.11. The van der Waals surface area contributed by atoms with E-state index in [1.807, 2.05) is 30.3 Å². The minimum Gasteiger partial charge on any atom is -0.454 e. The molecule has 26 heavy (non-hydrogen) atoms. The molecule has 0 unspecified atom stereocenters. The highest BCUT2D eigenvalue weighted by Crippen LogP contribution is 2.40. The highest BCUT2D eigenvalue weighted by atomic mass is 32.2. The summed E-state index contributed by atoms with van der Waals surface area (Å²) in [6.45, 7) is 0.00955. The van der Waals surface area contributed by atoms with E-state index in [0.29, 0.717) is 27.3 Å². The van der Waals surface area contributed by atoms with Crippen molar-refractivity contribution in [2.75, 3.05) is 6.79 Å². The number of nitrogens with one attached hydrogen (secondary N) is 1. The lowest BCUT2D eigenvalue weighted by Crippen LogP contribution is -2.19. The molecule has 2 aliphatic heterocycles. The summed E-state index contributed by atoms with van der Waals surface area (Å²) < 4.78 is 10.4. The Bertz CT molecular complexity index is 972. The topological polar surface area (TPSA) is 103 Å². The van der Waals surface area contributed by atoms with Crippen LogP contribution in [0.4, 0.5) is 11.4 Å². The summed E-state index contributed by atoms with van der Waals surface area (Å²) in [5, 5.41) is 14.4. The SMILES string of the molecule is O=C1NC(=Nc2ccccc2)S/C1=C/c1cc2c(cc1[N+](=O)[O-])OCO2. The quantitative estimate of drug-likeness (QED) is 0.506. The number of rotatable bonds is 3. The number of hydrogen-bond donors (Lipinski definition) is 1. The standard InChI is InChI=1S/C17H11N3O5S/c21-16-15(26-17(19-16)18-11-4-2-1-3-5-11)7-10-6-13-14(25-9-24-13)8-12(10)20(22)23/h1-8H,9H2,(H,18,19,21)/b15-7+. The predicted octanol–water partition coefficient (Wildman–Crippen LogP) is 3.22. The second-order valence-electron chi connectivity index (χ2n) is 5.34. The molecule has 0 saturated carbocycles. The lowest BCUT2D eigenvalue weighted by molar-refractivity contribution is -0.385. The number of hydrogen-bond acceptors (Lipinski definition) is 7. The van der Waals surface area contributed by atoms with Crippen molar-refractivity contribution < 1.29 is 19.2 Å². The van der Waals surface area contributed by atoms with Crippen LogP contribution in [0.1, 0.15) is 5.56 Å². The maximum Gasteiger partial charge on any atom is 0.280 e. The number of amidine groups is 1. The van der Waals surface area contributed by atoms with Crippen LogP contribution >= 0.6 is 11.8 Å². The van der Waals surface area contributed by atoms with Gasteiger partial charge in [0.15, 0.2) is 16.7 Å². The first-order chi connectivity index (χ1) is 12.6. The summed E-state index contributed by atoms with van der Waals surface area (Å²) in [6, 6.07) is 12.0. The molecule has 0 bridgehead atoms. The molecular weight excluding hydrogens is 358 g/mol. The van der Waals surface area contributed by atoms with Gasteiger partial charge in [0, 0.05) is 0 Å². The van der Waals surface area contributed by atoms with Gasteiger partial charge in [0.2, 0.25) is 6.79 Å². The number of aliphatic imine (C=N–C) groups is 1. The van der Waals surface area contributed by atoms with E-state index >= 15 is 0 Å². The Kier molecular flexibility index (Phi) is 4.05. The lowest BCUT2D eigenvalue weighted by atomic mass is 10.1. The zero-order valence-electron chi connectivity index (χ0n) is 13.2. The van der Waals surface area contributed by atoms with Crippen LogP contribution in [-0.4, -0.2) is 22.8 Å². The van der Waals surface area contributed by atoms with Gasteiger partial charge in [0.05, 0.1) is 27.1 Å². The van der Waals surface area contributed by atoms with E-state index in [1.54, 1.807) is 0 Å². The first-order valence-electron chi connectivity index (χ1n) is 7.53. The van der Waals surface area contributed by atoms with Crippen molar-refractivity contribution in [1.82, 2.24) is 5.32 Å². The van der Waals surface area contributed by atoms with Gasteiger partial charge >= 0.3 is 0 Å². The molecule has 2 aromatic rings. The molecule has 0 aromatic heterocycles. The van der Waals surface area contributed by atoms with Crippen LogP contribution in [0.15, 0.2) is 52.4 Å². The molecule has 9 heteroatoms. The van der Waals surface area contributed by atoms with E-state index in [9.17, 15) is 14.9 Å². The molecule has 2 aliphatic rings. The Hall–Kier alpha value is -3.33. The van der Waals surface area contributed by atoms with Gasteiger partial charge in [0.25, 0.3) is 11.6 Å². The summed E-state index contributed by atoms with van der Waals surface area (Å²) in [5.74, 6) is 0.356. The summed E-state index contributed by atoms with van der Waals surface area (Å²) in [4.78, 5) is 27.6. The first-order valence-corrected chi connectivity index (χ1v) is 8.34. The van der Waals surface area contributed by atoms with Crippen LogP contribution in [0, 0.1) is 10.1 Å². The number of benzene rings is 2. The minimum absolute atomic E-state index is 0.00955. The second kappa shape index (κ2) is 6.52. The molecule has 1 amide bonds. The normalized spacial score (nSPS) is 18.4. The molecule has 0 atom stereocenters. The van der Waals surface area contributed by atoms with Crippen molar-refractivity contribution >= 4 is 40.3 Å². The summed E-state index contributed by atoms with van der Waals surface area (Å²) in [7, 11) is 0. The Morgan fingerprint density at radius 2 is 1.92 bits per heavy atom. The Balaban J connectivity index is 1.68. The van der Waals surface area contributed by atoms with Crippen molar-refractivity contribution in [3.05, 3.63) is 63.0 Å². The number of nitro groups is 1. The van der Waals surface area contributed by atoms with Gasteiger partial charge < -0.3 is 14.8 Å². The summed E-state index contributed by atoms with van der Waals surface area (Å²) in [6.07, 6.45) is 1.45.